The molecule has 0 saturated carbocycles. The highest BCUT2D eigenvalue weighted by Crippen LogP contribution is 2.29. The minimum absolute atomic E-state index is 0.0332. The summed E-state index contributed by atoms with van der Waals surface area (Å²) in [6.07, 6.45) is 0.208. The summed E-state index contributed by atoms with van der Waals surface area (Å²) in [7, 11) is 2.91. The van der Waals surface area contributed by atoms with Gasteiger partial charge in [-0.05, 0) is 20.8 Å². The molecule has 0 aliphatic carbocycles. The molecule has 1 amide bonds. The molecule has 8 nitrogen and oxygen atoms in total. The number of esters is 1. The van der Waals surface area contributed by atoms with Gasteiger partial charge in [0.15, 0.2) is 12.4 Å². The molecule has 0 aromatic rings. The van der Waals surface area contributed by atoms with Crippen molar-refractivity contribution in [3.8, 4) is 0 Å². The Morgan fingerprint density at radius 1 is 1.04 bits per heavy atom. The Bertz CT molecular complexity index is 397. The van der Waals surface area contributed by atoms with Gasteiger partial charge in [0.1, 0.15) is 12.4 Å². The van der Waals surface area contributed by atoms with Crippen LogP contribution in [0.4, 0.5) is 4.79 Å². The van der Waals surface area contributed by atoms with Crippen LogP contribution in [-0.2, 0) is 28.5 Å². The third-order valence-electron chi connectivity index (χ3n) is 3.36. The molecule has 0 atom stereocenters. The number of methoxy groups -OCH3 is 2. The number of nitrogens with zero attached hydrogens (tertiary/aromatic N) is 1. The maximum atomic E-state index is 12.3. The van der Waals surface area contributed by atoms with Crippen LogP contribution in [0, 0.1) is 0 Å². The van der Waals surface area contributed by atoms with Crippen LogP contribution < -0.4 is 0 Å². The Labute approximate surface area is 136 Å². The van der Waals surface area contributed by atoms with E-state index < -0.39 is 23.3 Å². The molecule has 1 fully saturated rings. The Kier molecular flexibility index (Phi) is 7.24. The SMILES string of the molecule is COCOC(=O)C1(OCOC)CCN(C(=O)OC(C)(C)C)CC1. The zero-order chi connectivity index (χ0) is 17.5. The first-order valence-corrected chi connectivity index (χ1v) is 7.51. The number of carbonyl (C=O) groups is 2. The molecule has 1 saturated heterocycles. The molecule has 1 aliphatic heterocycles. The van der Waals surface area contributed by atoms with E-state index in [1.165, 1.54) is 14.2 Å². The zero-order valence-corrected chi connectivity index (χ0v) is 14.5. The fourth-order valence-corrected chi connectivity index (χ4v) is 2.20. The topological polar surface area (TPSA) is 83.5 Å². The number of ether oxygens (including phenoxy) is 5. The van der Waals surface area contributed by atoms with E-state index in [2.05, 4.69) is 0 Å². The minimum Gasteiger partial charge on any atom is -0.444 e. The van der Waals surface area contributed by atoms with Gasteiger partial charge in [-0.1, -0.05) is 0 Å². The van der Waals surface area contributed by atoms with Gasteiger partial charge in [-0.15, -0.1) is 0 Å². The molecular formula is C15H27NO7. The second kappa shape index (κ2) is 8.47. The highest BCUT2D eigenvalue weighted by Gasteiger charge is 2.45. The van der Waals surface area contributed by atoms with Crippen molar-refractivity contribution in [1.82, 2.24) is 4.90 Å². The van der Waals surface area contributed by atoms with Gasteiger partial charge in [-0.3, -0.25) is 0 Å². The summed E-state index contributed by atoms with van der Waals surface area (Å²) in [6.45, 7) is 5.91. The predicted octanol–water partition coefficient (Wildman–Crippen LogP) is 1.52. The van der Waals surface area contributed by atoms with Gasteiger partial charge >= 0.3 is 12.1 Å². The number of piperidine rings is 1. The predicted molar refractivity (Wildman–Crippen MR) is 80.7 cm³/mol. The lowest BCUT2D eigenvalue weighted by Crippen LogP contribution is -2.54. The van der Waals surface area contributed by atoms with E-state index in [1.54, 1.807) is 4.90 Å². The highest BCUT2D eigenvalue weighted by atomic mass is 16.7. The molecule has 1 heterocycles. The van der Waals surface area contributed by atoms with Crippen molar-refractivity contribution in [2.75, 3.05) is 40.9 Å². The molecule has 1 aliphatic rings. The first-order chi connectivity index (χ1) is 10.7. The average Bonchev–Trinajstić information content (AvgIpc) is 2.49. The van der Waals surface area contributed by atoms with Crippen molar-refractivity contribution in [1.29, 1.82) is 0 Å². The average molecular weight is 333 g/mol. The van der Waals surface area contributed by atoms with Gasteiger partial charge in [0.25, 0.3) is 0 Å². The van der Waals surface area contributed by atoms with Crippen LogP contribution >= 0.6 is 0 Å². The van der Waals surface area contributed by atoms with Gasteiger partial charge in [0, 0.05) is 40.2 Å². The number of carbonyl (C=O) groups excluding carboxylic acids is 2. The van der Waals surface area contributed by atoms with Crippen LogP contribution in [0.1, 0.15) is 33.6 Å². The lowest BCUT2D eigenvalue weighted by atomic mass is 9.91. The van der Waals surface area contributed by atoms with Crippen molar-refractivity contribution in [2.45, 2.75) is 44.8 Å². The fraction of sp³-hybridized carbons (Fsp3) is 0.867. The third kappa shape index (κ3) is 5.96. The molecule has 0 N–H and O–H groups in total. The third-order valence-corrected chi connectivity index (χ3v) is 3.36. The fourth-order valence-electron chi connectivity index (χ4n) is 2.20. The van der Waals surface area contributed by atoms with Crippen LogP contribution in [0.3, 0.4) is 0 Å². The van der Waals surface area contributed by atoms with Crippen molar-refractivity contribution in [3.05, 3.63) is 0 Å². The number of amides is 1. The molecule has 0 radical (unpaired) electrons. The van der Waals surface area contributed by atoms with E-state index in [9.17, 15) is 9.59 Å². The molecule has 1 rings (SSSR count). The lowest BCUT2D eigenvalue weighted by molar-refractivity contribution is -0.203. The van der Waals surface area contributed by atoms with E-state index in [-0.39, 0.29) is 13.6 Å². The zero-order valence-electron chi connectivity index (χ0n) is 14.5. The molecule has 0 unspecified atom stereocenters. The van der Waals surface area contributed by atoms with E-state index in [0.717, 1.165) is 0 Å². The van der Waals surface area contributed by atoms with Gasteiger partial charge in [0.05, 0.1) is 0 Å². The van der Waals surface area contributed by atoms with E-state index in [1.807, 2.05) is 20.8 Å². The largest absolute Gasteiger partial charge is 0.444 e. The minimum atomic E-state index is -1.13. The Balaban J connectivity index is 2.68. The Hall–Kier alpha value is -1.38. The molecule has 0 bridgehead atoms. The molecule has 134 valence electrons. The van der Waals surface area contributed by atoms with Gasteiger partial charge in [0.2, 0.25) is 0 Å². The first kappa shape index (κ1) is 19.7. The smallest absolute Gasteiger partial charge is 0.410 e. The van der Waals surface area contributed by atoms with Crippen LogP contribution in [0.15, 0.2) is 0 Å². The van der Waals surface area contributed by atoms with Crippen LogP contribution in [0.25, 0.3) is 0 Å². The van der Waals surface area contributed by atoms with Crippen molar-refractivity contribution in [2.24, 2.45) is 0 Å². The maximum absolute atomic E-state index is 12.3. The summed E-state index contributed by atoms with van der Waals surface area (Å²) in [5.41, 5.74) is -1.69. The van der Waals surface area contributed by atoms with E-state index in [4.69, 9.17) is 23.7 Å². The summed E-state index contributed by atoms with van der Waals surface area (Å²) in [5, 5.41) is 0. The number of rotatable bonds is 6. The summed E-state index contributed by atoms with van der Waals surface area (Å²) in [6, 6.07) is 0. The van der Waals surface area contributed by atoms with Crippen LogP contribution in [-0.4, -0.2) is 69.1 Å². The standard InChI is InChI=1S/C15H27NO7/c1-14(2,3)23-13(18)16-8-6-15(7-9-16,22-11-20-5)12(17)21-10-19-4/h6-11H2,1-5H3. The van der Waals surface area contributed by atoms with Gasteiger partial charge in [-0.25, -0.2) is 9.59 Å². The van der Waals surface area contributed by atoms with Crippen LogP contribution in [0.5, 0.6) is 0 Å². The van der Waals surface area contributed by atoms with E-state index in [0.29, 0.717) is 25.9 Å². The van der Waals surface area contributed by atoms with Crippen molar-refractivity contribution < 1.29 is 33.3 Å². The maximum Gasteiger partial charge on any atom is 0.410 e. The summed E-state index contributed by atoms with van der Waals surface area (Å²) < 4.78 is 25.6. The highest BCUT2D eigenvalue weighted by molar-refractivity contribution is 5.80. The molecule has 23 heavy (non-hydrogen) atoms. The second-order valence-electron chi connectivity index (χ2n) is 6.35. The molecular weight excluding hydrogens is 306 g/mol. The summed E-state index contributed by atoms with van der Waals surface area (Å²) >= 11 is 0. The Morgan fingerprint density at radius 2 is 1.61 bits per heavy atom. The number of likely N-dealkylation sites (tertiary alicyclic amines) is 1. The summed E-state index contributed by atoms with van der Waals surface area (Å²) in [5.74, 6) is -0.514. The Morgan fingerprint density at radius 3 is 2.09 bits per heavy atom. The van der Waals surface area contributed by atoms with Crippen molar-refractivity contribution >= 4 is 12.1 Å². The van der Waals surface area contributed by atoms with Crippen molar-refractivity contribution in [3.63, 3.8) is 0 Å². The monoisotopic (exact) mass is 333 g/mol. The van der Waals surface area contributed by atoms with Gasteiger partial charge in [-0.2, -0.15) is 0 Å². The van der Waals surface area contributed by atoms with Gasteiger partial charge < -0.3 is 28.6 Å². The number of hydrogen-bond acceptors (Lipinski definition) is 7. The second-order valence-corrected chi connectivity index (χ2v) is 6.35. The molecule has 0 aromatic heterocycles. The number of hydrogen-bond donors (Lipinski definition) is 0. The normalized spacial score (nSPS) is 17.7. The quantitative estimate of drug-likeness (QED) is 0.538. The van der Waals surface area contributed by atoms with E-state index >= 15 is 0 Å². The molecule has 0 aromatic carbocycles. The van der Waals surface area contributed by atoms with Crippen LogP contribution in [0.2, 0.25) is 0 Å². The molecule has 8 heteroatoms. The lowest BCUT2D eigenvalue weighted by Gasteiger charge is -2.39. The first-order valence-electron chi connectivity index (χ1n) is 7.51. The summed E-state index contributed by atoms with van der Waals surface area (Å²) in [4.78, 5) is 25.9. The molecule has 0 spiro atoms.